The summed E-state index contributed by atoms with van der Waals surface area (Å²) in [7, 11) is 0. The summed E-state index contributed by atoms with van der Waals surface area (Å²) in [6.45, 7) is 1.84. The molecule has 0 radical (unpaired) electrons. The number of hydrogen-bond donors (Lipinski definition) is 2. The Hall–Kier alpha value is -2.63. The lowest BCUT2D eigenvalue weighted by Gasteiger charge is -2.09. The number of anilines is 3. The third kappa shape index (κ3) is 2.79. The van der Waals surface area contributed by atoms with Crippen LogP contribution in [0.1, 0.15) is 5.56 Å². The van der Waals surface area contributed by atoms with Gasteiger partial charge in [-0.15, -0.1) is 0 Å². The van der Waals surface area contributed by atoms with Crippen LogP contribution < -0.4 is 11.1 Å². The molecule has 19 heavy (non-hydrogen) atoms. The zero-order valence-corrected chi connectivity index (χ0v) is 10.2. The highest BCUT2D eigenvalue weighted by atomic mass is 19.1. The molecule has 0 amide bonds. The minimum absolute atomic E-state index is 0.0306. The molecule has 0 bridgehead atoms. The molecule has 0 unspecified atom stereocenters. The van der Waals surface area contributed by atoms with Crippen LogP contribution in [-0.2, 0) is 0 Å². The van der Waals surface area contributed by atoms with E-state index in [-0.39, 0.29) is 11.4 Å². The van der Waals surface area contributed by atoms with Gasteiger partial charge in [0.25, 0.3) is 5.69 Å². The van der Waals surface area contributed by atoms with E-state index in [2.05, 4.69) is 5.32 Å². The number of halogens is 1. The molecule has 2 rings (SSSR count). The summed E-state index contributed by atoms with van der Waals surface area (Å²) in [5.41, 5.74) is 7.12. The van der Waals surface area contributed by atoms with Gasteiger partial charge >= 0.3 is 0 Å². The van der Waals surface area contributed by atoms with Gasteiger partial charge in [0, 0.05) is 11.8 Å². The molecule has 0 aliphatic rings. The molecule has 0 aliphatic heterocycles. The van der Waals surface area contributed by atoms with Crippen molar-refractivity contribution in [1.29, 1.82) is 0 Å². The third-order valence-corrected chi connectivity index (χ3v) is 2.63. The van der Waals surface area contributed by atoms with Crippen molar-refractivity contribution in [3.63, 3.8) is 0 Å². The molecule has 3 N–H and O–H groups in total. The van der Waals surface area contributed by atoms with E-state index in [1.54, 1.807) is 12.1 Å². The monoisotopic (exact) mass is 261 g/mol. The summed E-state index contributed by atoms with van der Waals surface area (Å²) in [5.74, 6) is -0.400. The van der Waals surface area contributed by atoms with Gasteiger partial charge in [-0.2, -0.15) is 0 Å². The van der Waals surface area contributed by atoms with E-state index in [0.717, 1.165) is 5.56 Å². The van der Waals surface area contributed by atoms with Gasteiger partial charge in [0.2, 0.25) is 0 Å². The number of rotatable bonds is 3. The number of benzene rings is 2. The predicted molar refractivity (Wildman–Crippen MR) is 71.9 cm³/mol. The van der Waals surface area contributed by atoms with E-state index in [1.807, 2.05) is 6.92 Å². The third-order valence-electron chi connectivity index (χ3n) is 2.63. The van der Waals surface area contributed by atoms with Crippen molar-refractivity contribution in [2.24, 2.45) is 0 Å². The Labute approximate surface area is 109 Å². The van der Waals surface area contributed by atoms with Crippen molar-refractivity contribution in [1.82, 2.24) is 0 Å². The van der Waals surface area contributed by atoms with Crippen LogP contribution in [0.2, 0.25) is 0 Å². The molecule has 0 spiro atoms. The largest absolute Gasteiger partial charge is 0.393 e. The first-order chi connectivity index (χ1) is 8.97. The van der Waals surface area contributed by atoms with Crippen LogP contribution in [0.25, 0.3) is 0 Å². The van der Waals surface area contributed by atoms with Crippen LogP contribution >= 0.6 is 0 Å². The summed E-state index contributed by atoms with van der Waals surface area (Å²) in [4.78, 5) is 10.1. The summed E-state index contributed by atoms with van der Waals surface area (Å²) in [5, 5.41) is 13.5. The first-order valence-corrected chi connectivity index (χ1v) is 5.54. The SMILES string of the molecule is Cc1ccc(F)c(Nc2ccc([N+](=O)[O-])c(N)c2)c1. The second kappa shape index (κ2) is 4.93. The molecule has 0 aromatic heterocycles. The number of aryl methyl sites for hydroxylation is 1. The second-order valence-corrected chi connectivity index (χ2v) is 4.14. The van der Waals surface area contributed by atoms with Crippen molar-refractivity contribution in [3.8, 4) is 0 Å². The fourth-order valence-electron chi connectivity index (χ4n) is 1.69. The smallest absolute Gasteiger partial charge is 0.292 e. The minimum Gasteiger partial charge on any atom is -0.393 e. The Kier molecular flexibility index (Phi) is 3.33. The lowest BCUT2D eigenvalue weighted by atomic mass is 10.2. The van der Waals surface area contributed by atoms with Gasteiger partial charge in [-0.25, -0.2) is 4.39 Å². The molecule has 2 aromatic rings. The van der Waals surface area contributed by atoms with Gasteiger partial charge in [0.05, 0.1) is 10.6 Å². The summed E-state index contributed by atoms with van der Waals surface area (Å²) in [6.07, 6.45) is 0. The van der Waals surface area contributed by atoms with Gasteiger partial charge < -0.3 is 11.1 Å². The first kappa shape index (κ1) is 12.8. The first-order valence-electron chi connectivity index (χ1n) is 5.54. The average Bonchev–Trinajstić information content (AvgIpc) is 2.33. The van der Waals surface area contributed by atoms with Crippen molar-refractivity contribution >= 4 is 22.7 Å². The number of nitrogens with zero attached hydrogens (tertiary/aromatic N) is 1. The Balaban J connectivity index is 2.31. The van der Waals surface area contributed by atoms with E-state index < -0.39 is 10.7 Å². The topological polar surface area (TPSA) is 81.2 Å². The summed E-state index contributed by atoms with van der Waals surface area (Å²) in [6, 6.07) is 8.83. The minimum atomic E-state index is -0.563. The fourth-order valence-corrected chi connectivity index (χ4v) is 1.69. The molecule has 0 saturated heterocycles. The molecular weight excluding hydrogens is 249 g/mol. The highest BCUT2D eigenvalue weighted by Gasteiger charge is 2.11. The van der Waals surface area contributed by atoms with Crippen LogP contribution in [0.4, 0.5) is 27.1 Å². The van der Waals surface area contributed by atoms with E-state index in [1.165, 1.54) is 24.3 Å². The lowest BCUT2D eigenvalue weighted by molar-refractivity contribution is -0.383. The Morgan fingerprint density at radius 3 is 2.63 bits per heavy atom. The van der Waals surface area contributed by atoms with Crippen molar-refractivity contribution in [2.45, 2.75) is 6.92 Å². The number of nitrogens with one attached hydrogen (secondary N) is 1. The number of nitro groups is 1. The number of nitrogens with two attached hydrogens (primary N) is 1. The van der Waals surface area contributed by atoms with Crippen LogP contribution in [0, 0.1) is 22.9 Å². The Morgan fingerprint density at radius 1 is 1.26 bits per heavy atom. The maximum absolute atomic E-state index is 13.6. The fraction of sp³-hybridized carbons (Fsp3) is 0.0769. The molecule has 0 heterocycles. The molecule has 0 atom stereocenters. The molecule has 0 saturated carbocycles. The van der Waals surface area contributed by atoms with Crippen LogP contribution in [0.3, 0.4) is 0 Å². The standard InChI is InChI=1S/C13H12FN3O2/c1-8-2-4-10(14)12(6-8)16-9-3-5-13(17(18)19)11(15)7-9/h2-7,16H,15H2,1H3. The molecular formula is C13H12FN3O2. The Morgan fingerprint density at radius 2 is 2.00 bits per heavy atom. The predicted octanol–water partition coefficient (Wildman–Crippen LogP) is 3.37. The van der Waals surface area contributed by atoms with E-state index in [9.17, 15) is 14.5 Å². The maximum Gasteiger partial charge on any atom is 0.292 e. The number of nitrogen functional groups attached to an aromatic ring is 1. The maximum atomic E-state index is 13.6. The van der Waals surface area contributed by atoms with Gasteiger partial charge in [0.1, 0.15) is 11.5 Å². The number of hydrogen-bond acceptors (Lipinski definition) is 4. The van der Waals surface area contributed by atoms with Crippen LogP contribution in [0.5, 0.6) is 0 Å². The van der Waals surface area contributed by atoms with Crippen LogP contribution in [-0.4, -0.2) is 4.92 Å². The van der Waals surface area contributed by atoms with Gasteiger partial charge in [-0.05, 0) is 36.8 Å². The molecule has 98 valence electrons. The van der Waals surface area contributed by atoms with Gasteiger partial charge in [-0.1, -0.05) is 6.07 Å². The zero-order valence-electron chi connectivity index (χ0n) is 10.2. The molecule has 6 heteroatoms. The second-order valence-electron chi connectivity index (χ2n) is 4.14. The van der Waals surface area contributed by atoms with Gasteiger partial charge in [0.15, 0.2) is 0 Å². The molecule has 5 nitrogen and oxygen atoms in total. The highest BCUT2D eigenvalue weighted by Crippen LogP contribution is 2.27. The van der Waals surface area contributed by atoms with E-state index >= 15 is 0 Å². The van der Waals surface area contributed by atoms with Crippen molar-refractivity contribution in [3.05, 3.63) is 57.9 Å². The number of nitro benzene ring substituents is 1. The summed E-state index contributed by atoms with van der Waals surface area (Å²) >= 11 is 0. The van der Waals surface area contributed by atoms with Gasteiger partial charge in [-0.3, -0.25) is 10.1 Å². The van der Waals surface area contributed by atoms with Crippen LogP contribution in [0.15, 0.2) is 36.4 Å². The normalized spacial score (nSPS) is 10.2. The summed E-state index contributed by atoms with van der Waals surface area (Å²) < 4.78 is 13.6. The molecule has 2 aromatic carbocycles. The Bertz CT molecular complexity index is 644. The zero-order chi connectivity index (χ0) is 14.0. The van der Waals surface area contributed by atoms with Crippen molar-refractivity contribution in [2.75, 3.05) is 11.1 Å². The highest BCUT2D eigenvalue weighted by molar-refractivity contribution is 5.70. The average molecular weight is 261 g/mol. The molecule has 0 aliphatic carbocycles. The quantitative estimate of drug-likeness (QED) is 0.504. The van der Waals surface area contributed by atoms with E-state index in [4.69, 9.17) is 5.73 Å². The van der Waals surface area contributed by atoms with E-state index in [0.29, 0.717) is 11.4 Å². The lowest BCUT2D eigenvalue weighted by Crippen LogP contribution is -1.99. The molecule has 0 fully saturated rings. The van der Waals surface area contributed by atoms with Crippen molar-refractivity contribution < 1.29 is 9.31 Å².